The van der Waals surface area contributed by atoms with Crippen LogP contribution in [0.3, 0.4) is 0 Å². The normalized spacial score (nSPS) is 11.0. The van der Waals surface area contributed by atoms with Crippen LogP contribution in [0.1, 0.15) is 0 Å². The molecule has 0 saturated carbocycles. The van der Waals surface area contributed by atoms with E-state index in [4.69, 9.17) is 11.7 Å². The van der Waals surface area contributed by atoms with Crippen molar-refractivity contribution in [1.82, 2.24) is 29.7 Å². The number of hydrogen-bond donors (Lipinski definition) is 2. The molecular formula is C4H4N12O4. The molecule has 0 fully saturated rings. The number of nitrogens with zero attached hydrogens (tertiary/aromatic N) is 10. The van der Waals surface area contributed by atoms with E-state index in [0.717, 1.165) is 0 Å². The van der Waals surface area contributed by atoms with Gasteiger partial charge in [-0.05, 0) is 19.8 Å². The van der Waals surface area contributed by atoms with Crippen LogP contribution in [0.25, 0.3) is 0 Å². The number of azo groups is 1. The van der Waals surface area contributed by atoms with E-state index in [0.29, 0.717) is 9.58 Å². The number of nitrogens with two attached hydrogens (primary N) is 2. The van der Waals surface area contributed by atoms with Crippen LogP contribution in [0.2, 0.25) is 0 Å². The first-order valence-electron chi connectivity index (χ1n) is 4.53. The van der Waals surface area contributed by atoms with Crippen molar-refractivity contribution in [3.63, 3.8) is 0 Å². The van der Waals surface area contributed by atoms with Gasteiger partial charge in [-0.1, -0.05) is 19.8 Å². The van der Waals surface area contributed by atoms with E-state index < -0.39 is 33.6 Å². The highest BCUT2D eigenvalue weighted by Gasteiger charge is 2.22. The molecule has 0 aliphatic heterocycles. The SMILES string of the molecule is Nn1nc([N+](=O)[O-])nc1/N=N/c1nc([N+](=O)[O-])nn1N. The van der Waals surface area contributed by atoms with Crippen LogP contribution >= 0.6 is 0 Å². The highest BCUT2D eigenvalue weighted by Crippen LogP contribution is 2.16. The molecule has 2 rings (SSSR count). The zero-order valence-electron chi connectivity index (χ0n) is 9.26. The van der Waals surface area contributed by atoms with Crippen molar-refractivity contribution in [3.8, 4) is 0 Å². The van der Waals surface area contributed by atoms with Gasteiger partial charge in [0.2, 0.25) is 0 Å². The molecule has 16 nitrogen and oxygen atoms in total. The second-order valence-corrected chi connectivity index (χ2v) is 3.03. The van der Waals surface area contributed by atoms with E-state index in [1.165, 1.54) is 0 Å². The van der Waals surface area contributed by atoms with Crippen molar-refractivity contribution in [2.45, 2.75) is 0 Å². The van der Waals surface area contributed by atoms with E-state index in [1.807, 2.05) is 0 Å². The maximum atomic E-state index is 10.4. The zero-order valence-corrected chi connectivity index (χ0v) is 9.26. The minimum absolute atomic E-state index is 0.428. The van der Waals surface area contributed by atoms with Gasteiger partial charge in [-0.25, -0.2) is 0 Å². The molecule has 2 heterocycles. The molecule has 0 aliphatic rings. The van der Waals surface area contributed by atoms with Crippen molar-refractivity contribution in [2.24, 2.45) is 10.2 Å². The topological polar surface area (TPSA) is 224 Å². The largest absolute Gasteiger partial charge is 0.494 e. The number of aromatic nitrogens is 6. The molecule has 0 atom stereocenters. The number of nitro groups is 2. The second-order valence-electron chi connectivity index (χ2n) is 3.03. The molecule has 104 valence electrons. The maximum Gasteiger partial charge on any atom is 0.494 e. The van der Waals surface area contributed by atoms with Gasteiger partial charge in [0.15, 0.2) is 0 Å². The van der Waals surface area contributed by atoms with Gasteiger partial charge in [0.1, 0.15) is 0 Å². The molecule has 0 spiro atoms. The molecule has 4 N–H and O–H groups in total. The molecule has 0 aromatic carbocycles. The molecule has 20 heavy (non-hydrogen) atoms. The maximum absolute atomic E-state index is 10.4. The summed E-state index contributed by atoms with van der Waals surface area (Å²) in [6.45, 7) is 0. The van der Waals surface area contributed by atoms with Crippen molar-refractivity contribution in [1.29, 1.82) is 0 Å². The lowest BCUT2D eigenvalue weighted by Gasteiger charge is -1.83. The molecule has 0 aliphatic carbocycles. The first-order chi connectivity index (χ1) is 9.38. The van der Waals surface area contributed by atoms with Gasteiger partial charge in [0, 0.05) is 0 Å². The predicted octanol–water partition coefficient (Wildman–Crippen LogP) is -1.47. The summed E-state index contributed by atoms with van der Waals surface area (Å²) in [6, 6.07) is 0. The van der Waals surface area contributed by atoms with E-state index in [9.17, 15) is 20.2 Å². The van der Waals surface area contributed by atoms with E-state index in [1.54, 1.807) is 0 Å². The van der Waals surface area contributed by atoms with Gasteiger partial charge < -0.3 is 31.9 Å². The second kappa shape index (κ2) is 4.51. The quantitative estimate of drug-likeness (QED) is 0.286. The summed E-state index contributed by atoms with van der Waals surface area (Å²) in [5, 5.41) is 34.0. The Hall–Kier alpha value is -3.72. The van der Waals surface area contributed by atoms with Crippen LogP contribution in [0.5, 0.6) is 0 Å². The van der Waals surface area contributed by atoms with Crippen LogP contribution in [0.15, 0.2) is 10.2 Å². The minimum Gasteiger partial charge on any atom is -0.390 e. The monoisotopic (exact) mass is 284 g/mol. The molecule has 2 aromatic heterocycles. The Kier molecular flexibility index (Phi) is 2.87. The molecule has 0 bridgehead atoms. The van der Waals surface area contributed by atoms with Crippen molar-refractivity contribution >= 4 is 23.8 Å². The molecule has 16 heteroatoms. The van der Waals surface area contributed by atoms with Crippen LogP contribution in [-0.4, -0.2) is 39.6 Å². The van der Waals surface area contributed by atoms with E-state index in [-0.39, 0.29) is 0 Å². The Balaban J connectivity index is 2.29. The van der Waals surface area contributed by atoms with E-state index >= 15 is 0 Å². The predicted molar refractivity (Wildman–Crippen MR) is 57.8 cm³/mol. The summed E-state index contributed by atoms with van der Waals surface area (Å²) >= 11 is 0. The van der Waals surface area contributed by atoms with Gasteiger partial charge in [-0.2, -0.15) is 0 Å². The average Bonchev–Trinajstić information content (AvgIpc) is 2.91. The van der Waals surface area contributed by atoms with Crippen LogP contribution in [0, 0.1) is 20.2 Å². The first kappa shape index (κ1) is 12.7. The fourth-order valence-corrected chi connectivity index (χ4v) is 0.989. The molecule has 0 amide bonds. The smallest absolute Gasteiger partial charge is 0.390 e. The fraction of sp³-hybridized carbons (Fsp3) is 0. The summed E-state index contributed by atoms with van der Waals surface area (Å²) in [5.41, 5.74) is 0. The van der Waals surface area contributed by atoms with Crippen molar-refractivity contribution in [3.05, 3.63) is 20.2 Å². The zero-order chi connectivity index (χ0) is 14.9. The fourth-order valence-electron chi connectivity index (χ4n) is 0.989. The summed E-state index contributed by atoms with van der Waals surface area (Å²) in [4.78, 5) is 26.7. The summed E-state index contributed by atoms with van der Waals surface area (Å²) < 4.78 is 0. The number of nitrogen functional groups attached to an aromatic ring is 2. The Morgan fingerprint density at radius 3 is 1.50 bits per heavy atom. The Labute approximate surface area is 107 Å². The van der Waals surface area contributed by atoms with Crippen molar-refractivity contribution < 1.29 is 9.85 Å². The average molecular weight is 284 g/mol. The molecular weight excluding hydrogens is 280 g/mol. The summed E-state index contributed by atoms with van der Waals surface area (Å²) in [7, 11) is 0. The lowest BCUT2D eigenvalue weighted by atomic mass is 11.0. The van der Waals surface area contributed by atoms with Gasteiger partial charge in [0.25, 0.3) is 0 Å². The first-order valence-corrected chi connectivity index (χ1v) is 4.53. The molecule has 2 aromatic rings. The van der Waals surface area contributed by atoms with Gasteiger partial charge in [0.05, 0.1) is 10.2 Å². The third-order valence-corrected chi connectivity index (χ3v) is 1.76. The van der Waals surface area contributed by atoms with Crippen molar-refractivity contribution in [2.75, 3.05) is 11.7 Å². The molecule has 0 radical (unpaired) electrons. The lowest BCUT2D eigenvalue weighted by Crippen LogP contribution is -2.10. The Morgan fingerprint density at radius 2 is 1.25 bits per heavy atom. The van der Waals surface area contributed by atoms with E-state index in [2.05, 4.69) is 30.4 Å². The lowest BCUT2D eigenvalue weighted by molar-refractivity contribution is -0.394. The van der Waals surface area contributed by atoms with Crippen LogP contribution in [-0.2, 0) is 0 Å². The third-order valence-electron chi connectivity index (χ3n) is 1.76. The van der Waals surface area contributed by atoms with Crippen LogP contribution in [0.4, 0.5) is 23.8 Å². The van der Waals surface area contributed by atoms with Gasteiger partial charge in [-0.3, -0.25) is 0 Å². The molecule has 0 unspecified atom stereocenters. The summed E-state index contributed by atoms with van der Waals surface area (Å²) in [6.07, 6.45) is 0. The highest BCUT2D eigenvalue weighted by molar-refractivity contribution is 5.24. The third kappa shape index (κ3) is 2.27. The number of rotatable bonds is 4. The minimum atomic E-state index is -0.890. The standard InChI is InChI=1S/C4H4N12O4/c5-13-1(7-3(11-13)15(17)18)9-10-2-8-4(16(19)20)12-14(2)6/h5-6H2/b10-9+. The highest BCUT2D eigenvalue weighted by atomic mass is 16.6. The Bertz CT molecular complexity index is 651. The summed E-state index contributed by atoms with van der Waals surface area (Å²) in [5.74, 6) is 8.04. The number of hydrogen-bond acceptors (Lipinski definition) is 12. The Morgan fingerprint density at radius 1 is 0.900 bits per heavy atom. The van der Waals surface area contributed by atoms with Gasteiger partial charge >= 0.3 is 23.8 Å². The van der Waals surface area contributed by atoms with Crippen LogP contribution < -0.4 is 11.7 Å². The van der Waals surface area contributed by atoms with Gasteiger partial charge in [-0.15, -0.1) is 0 Å². The molecule has 0 saturated heterocycles.